The van der Waals surface area contributed by atoms with Crippen molar-refractivity contribution in [1.29, 1.82) is 0 Å². The van der Waals surface area contributed by atoms with E-state index in [0.717, 1.165) is 86.0 Å². The second-order valence-corrected chi connectivity index (χ2v) is 22.9. The first kappa shape index (κ1) is 58.4. The van der Waals surface area contributed by atoms with Gasteiger partial charge in [0.05, 0.1) is 72.5 Å². The maximum Gasteiger partial charge on any atom is 0.127 e. The van der Waals surface area contributed by atoms with Gasteiger partial charge < -0.3 is 32.6 Å². The van der Waals surface area contributed by atoms with E-state index in [4.69, 9.17) is 77.0 Å². The summed E-state index contributed by atoms with van der Waals surface area (Å²) in [4.78, 5) is 12.3. The molecule has 80 heavy (non-hydrogen) atoms. The molecule has 0 bridgehead atoms. The van der Waals surface area contributed by atoms with E-state index in [1.54, 1.807) is 48.9 Å². The molecule has 0 radical (unpaired) electrons. The minimum atomic E-state index is -0.187. The Kier molecular flexibility index (Phi) is 21.1. The lowest BCUT2D eigenvalue weighted by molar-refractivity contribution is 0.0280. The maximum atomic E-state index is 6.52. The highest BCUT2D eigenvalue weighted by molar-refractivity contribution is 7.18. The lowest BCUT2D eigenvalue weighted by Crippen LogP contribution is -2.12. The minimum absolute atomic E-state index is 0.173. The molecule has 0 spiro atoms. The van der Waals surface area contributed by atoms with Crippen LogP contribution in [0.15, 0.2) is 200 Å². The molecule has 10 nitrogen and oxygen atoms in total. The Hall–Kier alpha value is -6.26. The zero-order chi connectivity index (χ0) is 55.8. The molecule has 410 valence electrons. The Labute approximate surface area is 499 Å². The van der Waals surface area contributed by atoms with Crippen LogP contribution >= 0.6 is 80.7 Å². The summed E-state index contributed by atoms with van der Waals surface area (Å²) in [6.45, 7) is 9.41. The number of ether oxygens (including phenoxy) is 4. The first-order chi connectivity index (χ1) is 38.9. The molecule has 0 N–H and O–H groups in total. The predicted octanol–water partition coefficient (Wildman–Crippen LogP) is 18.8. The van der Waals surface area contributed by atoms with Crippen molar-refractivity contribution in [2.24, 2.45) is 0 Å². The molecule has 11 rings (SSSR count). The van der Waals surface area contributed by atoms with Gasteiger partial charge in [0.1, 0.15) is 29.8 Å². The number of fused-ring (bicyclic) bond motifs is 1. The first-order valence-corrected chi connectivity index (χ1v) is 29.3. The molecule has 3 atom stereocenters. The van der Waals surface area contributed by atoms with Crippen molar-refractivity contribution in [2.45, 2.75) is 78.5 Å². The van der Waals surface area contributed by atoms with Crippen LogP contribution in [0.1, 0.15) is 68.4 Å². The average molecular weight is 1200 g/mol. The molecule has 0 amide bonds. The highest BCUT2D eigenvalue weighted by Crippen LogP contribution is 2.36. The second-order valence-electron chi connectivity index (χ2n) is 18.9. The Morgan fingerprint density at radius 2 is 0.938 bits per heavy atom. The van der Waals surface area contributed by atoms with Crippen molar-refractivity contribution in [1.82, 2.24) is 28.7 Å². The molecule has 0 fully saturated rings. The van der Waals surface area contributed by atoms with Crippen LogP contribution in [-0.4, -0.2) is 28.7 Å². The number of aryl methyl sites for hydroxylation is 3. The summed E-state index contributed by atoms with van der Waals surface area (Å²) in [6, 6.07) is 43.8. The SMILES string of the molecule is Cc1ccc(C(Cn2ccnc2)OCc2ccc(Oc3ccccc3)cc2)c(Cl)c1.Cc1ccc(C(Cn2ccnc2)OCc2ccsc2Cl)c(Cl)c1.Cc1ccc(C(Cn2ccnc2)OCc2csc3c(Cl)cccc23)c(Cl)c1. The van der Waals surface area contributed by atoms with Crippen molar-refractivity contribution in [3.05, 3.63) is 275 Å². The molecule has 0 aliphatic heterocycles. The fourth-order valence-electron chi connectivity index (χ4n) is 8.63. The van der Waals surface area contributed by atoms with Gasteiger partial charge in [-0.1, -0.05) is 137 Å². The van der Waals surface area contributed by atoms with Crippen molar-refractivity contribution in [3.63, 3.8) is 0 Å². The largest absolute Gasteiger partial charge is 0.457 e. The lowest BCUT2D eigenvalue weighted by Gasteiger charge is -2.20. The van der Waals surface area contributed by atoms with Gasteiger partial charge in [-0.15, -0.1) is 22.7 Å². The number of thiophene rings is 2. The molecule has 0 aliphatic rings. The van der Waals surface area contributed by atoms with Crippen LogP contribution < -0.4 is 4.74 Å². The number of aromatic nitrogens is 6. The molecule has 0 saturated heterocycles. The highest BCUT2D eigenvalue weighted by Gasteiger charge is 2.21. The van der Waals surface area contributed by atoms with E-state index in [2.05, 4.69) is 38.5 Å². The third-order valence-electron chi connectivity index (χ3n) is 12.9. The van der Waals surface area contributed by atoms with E-state index >= 15 is 0 Å². The summed E-state index contributed by atoms with van der Waals surface area (Å²) in [5.41, 5.74) is 9.50. The van der Waals surface area contributed by atoms with Crippen LogP contribution in [0.3, 0.4) is 0 Å². The van der Waals surface area contributed by atoms with Crippen LogP contribution in [0.2, 0.25) is 24.4 Å². The number of nitrogens with zero attached hydrogens (tertiary/aromatic N) is 6. The summed E-state index contributed by atoms with van der Waals surface area (Å²) in [5.74, 6) is 1.61. The molecule has 6 aromatic carbocycles. The Morgan fingerprint density at radius 1 is 0.463 bits per heavy atom. The molecule has 11 aromatic rings. The quantitative estimate of drug-likeness (QED) is 0.0751. The smallest absolute Gasteiger partial charge is 0.127 e. The maximum absolute atomic E-state index is 6.52. The number of imidazole rings is 3. The van der Waals surface area contributed by atoms with Gasteiger partial charge in [-0.3, -0.25) is 0 Å². The van der Waals surface area contributed by atoms with Gasteiger partial charge in [-0.2, -0.15) is 0 Å². The average Bonchev–Trinajstić information content (AvgIpc) is 4.43. The van der Waals surface area contributed by atoms with Gasteiger partial charge in [0.2, 0.25) is 0 Å². The van der Waals surface area contributed by atoms with Gasteiger partial charge in [0.15, 0.2) is 0 Å². The Morgan fingerprint density at radius 3 is 1.39 bits per heavy atom. The summed E-state index contributed by atoms with van der Waals surface area (Å²) in [7, 11) is 0. The van der Waals surface area contributed by atoms with E-state index in [-0.39, 0.29) is 18.3 Å². The van der Waals surface area contributed by atoms with Crippen molar-refractivity contribution in [3.8, 4) is 11.5 Å². The van der Waals surface area contributed by atoms with Gasteiger partial charge in [0.25, 0.3) is 0 Å². The van der Waals surface area contributed by atoms with Crippen LogP contribution in [0.4, 0.5) is 0 Å². The minimum Gasteiger partial charge on any atom is -0.457 e. The van der Waals surface area contributed by atoms with Crippen LogP contribution in [0.25, 0.3) is 10.1 Å². The fraction of sp³-hybridized carbons (Fsp3) is 0.190. The zero-order valence-electron chi connectivity index (χ0n) is 44.0. The zero-order valence-corrected chi connectivity index (χ0v) is 49.5. The molecule has 5 aromatic heterocycles. The summed E-state index contributed by atoms with van der Waals surface area (Å²) >= 11 is 35.1. The van der Waals surface area contributed by atoms with Gasteiger partial charge in [0, 0.05) is 74.5 Å². The summed E-state index contributed by atoms with van der Waals surface area (Å²) in [5, 5.41) is 8.15. The van der Waals surface area contributed by atoms with Gasteiger partial charge in [-0.25, -0.2) is 15.0 Å². The second kappa shape index (κ2) is 28.9. The van der Waals surface area contributed by atoms with E-state index in [1.165, 1.54) is 11.3 Å². The van der Waals surface area contributed by atoms with E-state index in [0.29, 0.717) is 49.5 Å². The molecule has 17 heteroatoms. The van der Waals surface area contributed by atoms with Crippen LogP contribution in [0.5, 0.6) is 11.5 Å². The van der Waals surface area contributed by atoms with Gasteiger partial charge in [-0.05, 0) is 119 Å². The molecular formula is C63H57Cl5N6O4S2. The standard InChI is InChI=1S/C25H23ClN2O2.C21H18Cl2N2OS.C17H16Cl2N2OS/c1-19-7-12-23(24(26)15-19)25(16-28-14-13-27-18-28)29-17-20-8-10-22(11-9-20)30-21-5-3-2-4-6-21;1-14-5-6-17(19(23)9-14)20(10-25-8-7-24-13-25)26-11-15-12-27-21-16(15)3-2-4-18(21)22;1-12-2-3-14(15(18)8-12)16(9-21-6-5-20-11-21)22-10-13-4-7-23-17(13)19/h2-15,18,25H,16-17H2,1H3;2-9,12-13,20H,10-11H2,1H3;2-8,11,16H,9-10H2,1H3. The number of rotatable bonds is 20. The van der Waals surface area contributed by atoms with E-state index in [1.807, 2.05) is 174 Å². The summed E-state index contributed by atoms with van der Waals surface area (Å²) in [6.07, 6.45) is 15.9. The van der Waals surface area contributed by atoms with Crippen molar-refractivity contribution < 1.29 is 18.9 Å². The Bertz CT molecular complexity index is 3650. The number of halogens is 5. The predicted molar refractivity (Wildman–Crippen MR) is 327 cm³/mol. The third kappa shape index (κ3) is 16.4. The number of hydrogen-bond acceptors (Lipinski definition) is 9. The topological polar surface area (TPSA) is 90.4 Å². The molecule has 0 aliphatic carbocycles. The van der Waals surface area contributed by atoms with Gasteiger partial charge >= 0.3 is 0 Å². The fourth-order valence-corrected chi connectivity index (χ4v) is 11.9. The number of para-hydroxylation sites is 1. The molecule has 3 unspecified atom stereocenters. The van der Waals surface area contributed by atoms with Crippen LogP contribution in [-0.2, 0) is 53.7 Å². The lowest BCUT2D eigenvalue weighted by atomic mass is 10.1. The molecular weight excluding hydrogens is 1150 g/mol. The number of benzene rings is 6. The normalized spacial score (nSPS) is 12.3. The number of hydrogen-bond donors (Lipinski definition) is 0. The first-order valence-electron chi connectivity index (χ1n) is 25.6. The molecule has 0 saturated carbocycles. The van der Waals surface area contributed by atoms with E-state index < -0.39 is 0 Å². The summed E-state index contributed by atoms with van der Waals surface area (Å²) < 4.78 is 32.5. The van der Waals surface area contributed by atoms with Crippen molar-refractivity contribution in [2.75, 3.05) is 0 Å². The third-order valence-corrected chi connectivity index (χ3v) is 16.6. The van der Waals surface area contributed by atoms with E-state index in [9.17, 15) is 0 Å². The highest BCUT2D eigenvalue weighted by atomic mass is 35.5. The van der Waals surface area contributed by atoms with Crippen molar-refractivity contribution >= 4 is 90.8 Å². The Balaban J connectivity index is 0.000000146. The van der Waals surface area contributed by atoms with Crippen LogP contribution in [0, 0.1) is 20.8 Å². The molecule has 5 heterocycles. The monoisotopic (exact) mass is 1200 g/mol.